The first kappa shape index (κ1) is 25.4. The van der Waals surface area contributed by atoms with Gasteiger partial charge in [-0.25, -0.2) is 4.99 Å². The van der Waals surface area contributed by atoms with Crippen molar-refractivity contribution in [2.75, 3.05) is 39.3 Å². The molecule has 5 nitrogen and oxygen atoms in total. The lowest BCUT2D eigenvalue weighted by Gasteiger charge is -2.32. The van der Waals surface area contributed by atoms with E-state index < -0.39 is 0 Å². The lowest BCUT2D eigenvalue weighted by molar-refractivity contribution is 0.206. The fourth-order valence-electron chi connectivity index (χ4n) is 4.52. The number of benzene rings is 1. The molecule has 0 saturated carbocycles. The minimum atomic E-state index is 0. The molecule has 170 valence electrons. The van der Waals surface area contributed by atoms with Crippen molar-refractivity contribution in [1.82, 2.24) is 20.4 Å². The van der Waals surface area contributed by atoms with Gasteiger partial charge in [-0.15, -0.1) is 24.0 Å². The van der Waals surface area contributed by atoms with Crippen molar-refractivity contribution < 1.29 is 0 Å². The molecule has 30 heavy (non-hydrogen) atoms. The zero-order chi connectivity index (χ0) is 20.3. The summed E-state index contributed by atoms with van der Waals surface area (Å²) in [4.78, 5) is 10.1. The van der Waals surface area contributed by atoms with Crippen LogP contribution in [0.3, 0.4) is 0 Å². The smallest absolute Gasteiger partial charge is 0.191 e. The minimum absolute atomic E-state index is 0. The third-order valence-corrected chi connectivity index (χ3v) is 6.18. The molecular formula is C24H42IN5. The van der Waals surface area contributed by atoms with E-state index in [1.165, 1.54) is 82.4 Å². The summed E-state index contributed by atoms with van der Waals surface area (Å²) in [5.74, 6) is 0.967. The molecule has 2 heterocycles. The molecular weight excluding hydrogens is 485 g/mol. The molecule has 0 atom stereocenters. The SMILES string of the molecule is CCCN1CCC(NC(=NCc2ccccc2CN2CCCCC2)NCC)CC1.I. The van der Waals surface area contributed by atoms with E-state index in [-0.39, 0.29) is 24.0 Å². The predicted octanol–water partition coefficient (Wildman–Crippen LogP) is 4.22. The third-order valence-electron chi connectivity index (χ3n) is 6.18. The first-order chi connectivity index (χ1) is 14.3. The highest BCUT2D eigenvalue weighted by Gasteiger charge is 2.19. The molecule has 0 bridgehead atoms. The van der Waals surface area contributed by atoms with Crippen LogP contribution in [0.5, 0.6) is 0 Å². The van der Waals surface area contributed by atoms with Crippen LogP contribution < -0.4 is 10.6 Å². The van der Waals surface area contributed by atoms with Gasteiger partial charge in [0.15, 0.2) is 5.96 Å². The van der Waals surface area contributed by atoms with E-state index in [9.17, 15) is 0 Å². The fraction of sp³-hybridized carbons (Fsp3) is 0.708. The van der Waals surface area contributed by atoms with E-state index in [1.807, 2.05) is 0 Å². The summed E-state index contributed by atoms with van der Waals surface area (Å²) in [6.07, 6.45) is 7.72. The second-order valence-corrected chi connectivity index (χ2v) is 8.56. The molecule has 0 amide bonds. The number of nitrogens with zero attached hydrogens (tertiary/aromatic N) is 3. The number of likely N-dealkylation sites (tertiary alicyclic amines) is 2. The molecule has 0 radical (unpaired) electrons. The van der Waals surface area contributed by atoms with Crippen molar-refractivity contribution in [2.24, 2.45) is 4.99 Å². The summed E-state index contributed by atoms with van der Waals surface area (Å²) < 4.78 is 0. The molecule has 0 unspecified atom stereocenters. The van der Waals surface area contributed by atoms with E-state index in [2.05, 4.69) is 58.5 Å². The van der Waals surface area contributed by atoms with Gasteiger partial charge in [0.25, 0.3) is 0 Å². The van der Waals surface area contributed by atoms with Crippen molar-refractivity contribution in [3.63, 3.8) is 0 Å². The second kappa shape index (κ2) is 14.2. The molecule has 1 aromatic carbocycles. The number of aliphatic imine (C=N–C) groups is 1. The molecule has 0 aromatic heterocycles. The Morgan fingerprint density at radius 3 is 2.33 bits per heavy atom. The zero-order valence-corrected chi connectivity index (χ0v) is 21.4. The first-order valence-electron chi connectivity index (χ1n) is 11.8. The maximum Gasteiger partial charge on any atom is 0.191 e. The van der Waals surface area contributed by atoms with Crippen LogP contribution in [0, 0.1) is 0 Å². The van der Waals surface area contributed by atoms with Gasteiger partial charge >= 0.3 is 0 Å². The number of guanidine groups is 1. The normalized spacial score (nSPS) is 19.3. The van der Waals surface area contributed by atoms with Crippen LogP contribution in [0.2, 0.25) is 0 Å². The Hall–Kier alpha value is -0.860. The van der Waals surface area contributed by atoms with Gasteiger partial charge in [0.1, 0.15) is 0 Å². The fourth-order valence-corrected chi connectivity index (χ4v) is 4.52. The van der Waals surface area contributed by atoms with Crippen molar-refractivity contribution in [3.8, 4) is 0 Å². The summed E-state index contributed by atoms with van der Waals surface area (Å²) in [6.45, 7) is 13.2. The van der Waals surface area contributed by atoms with E-state index in [1.54, 1.807) is 0 Å². The Morgan fingerprint density at radius 1 is 0.967 bits per heavy atom. The Morgan fingerprint density at radius 2 is 1.67 bits per heavy atom. The van der Waals surface area contributed by atoms with E-state index in [0.29, 0.717) is 6.04 Å². The largest absolute Gasteiger partial charge is 0.357 e. The molecule has 6 heteroatoms. The first-order valence-corrected chi connectivity index (χ1v) is 11.8. The number of hydrogen-bond donors (Lipinski definition) is 2. The monoisotopic (exact) mass is 527 g/mol. The lowest BCUT2D eigenvalue weighted by Crippen LogP contribution is -2.48. The number of rotatable bonds is 8. The minimum Gasteiger partial charge on any atom is -0.357 e. The van der Waals surface area contributed by atoms with Crippen LogP contribution in [0.4, 0.5) is 0 Å². The summed E-state index contributed by atoms with van der Waals surface area (Å²) in [5.41, 5.74) is 2.79. The summed E-state index contributed by atoms with van der Waals surface area (Å²) in [6, 6.07) is 9.37. The topological polar surface area (TPSA) is 42.9 Å². The highest BCUT2D eigenvalue weighted by molar-refractivity contribution is 14.0. The third kappa shape index (κ3) is 8.35. The summed E-state index contributed by atoms with van der Waals surface area (Å²) in [7, 11) is 0. The van der Waals surface area contributed by atoms with Gasteiger partial charge in [-0.1, -0.05) is 37.6 Å². The van der Waals surface area contributed by atoms with Gasteiger partial charge in [-0.2, -0.15) is 0 Å². The van der Waals surface area contributed by atoms with Crippen LogP contribution in [0.15, 0.2) is 29.3 Å². The van der Waals surface area contributed by atoms with Crippen LogP contribution in [0.25, 0.3) is 0 Å². The maximum atomic E-state index is 4.95. The van der Waals surface area contributed by atoms with Crippen molar-refractivity contribution in [2.45, 2.75) is 71.5 Å². The van der Waals surface area contributed by atoms with Gasteiger partial charge < -0.3 is 15.5 Å². The van der Waals surface area contributed by atoms with Gasteiger partial charge in [-0.05, 0) is 69.8 Å². The molecule has 2 N–H and O–H groups in total. The van der Waals surface area contributed by atoms with Crippen molar-refractivity contribution in [3.05, 3.63) is 35.4 Å². The zero-order valence-electron chi connectivity index (χ0n) is 19.0. The van der Waals surface area contributed by atoms with Gasteiger partial charge in [0.05, 0.1) is 6.54 Å². The molecule has 2 aliphatic heterocycles. The Bertz CT molecular complexity index is 622. The molecule has 0 aliphatic carbocycles. The number of nitrogens with one attached hydrogen (secondary N) is 2. The average molecular weight is 528 g/mol. The number of hydrogen-bond acceptors (Lipinski definition) is 3. The van der Waals surface area contributed by atoms with E-state index in [4.69, 9.17) is 4.99 Å². The molecule has 2 saturated heterocycles. The van der Waals surface area contributed by atoms with Gasteiger partial charge in [0.2, 0.25) is 0 Å². The molecule has 1 aromatic rings. The Labute approximate surface area is 201 Å². The molecule has 2 aliphatic rings. The summed E-state index contributed by atoms with van der Waals surface area (Å²) in [5, 5.41) is 7.14. The summed E-state index contributed by atoms with van der Waals surface area (Å²) >= 11 is 0. The molecule has 0 spiro atoms. The maximum absolute atomic E-state index is 4.95. The van der Waals surface area contributed by atoms with Crippen molar-refractivity contribution >= 4 is 29.9 Å². The lowest BCUT2D eigenvalue weighted by atomic mass is 10.0. The van der Waals surface area contributed by atoms with E-state index in [0.717, 1.165) is 25.6 Å². The number of halogens is 1. The second-order valence-electron chi connectivity index (χ2n) is 8.56. The van der Waals surface area contributed by atoms with Crippen LogP contribution in [0.1, 0.15) is 63.5 Å². The average Bonchev–Trinajstić information content (AvgIpc) is 2.75. The highest BCUT2D eigenvalue weighted by atomic mass is 127. The molecule has 2 fully saturated rings. The Balaban J connectivity index is 0.00000320. The van der Waals surface area contributed by atoms with E-state index >= 15 is 0 Å². The van der Waals surface area contributed by atoms with Crippen molar-refractivity contribution in [1.29, 1.82) is 0 Å². The number of piperidine rings is 2. The molecule has 3 rings (SSSR count). The van der Waals surface area contributed by atoms with Crippen LogP contribution in [-0.2, 0) is 13.1 Å². The quantitative estimate of drug-likeness (QED) is 0.302. The standard InChI is InChI=1S/C24H41N5.HI/c1-3-14-28-17-12-23(13-18-28)27-24(25-4-2)26-19-21-10-6-7-11-22(21)20-29-15-8-5-9-16-29;/h6-7,10-11,23H,3-5,8-9,12-20H2,1-2H3,(H2,25,26,27);1H. The van der Waals surface area contributed by atoms with Crippen LogP contribution >= 0.6 is 24.0 Å². The van der Waals surface area contributed by atoms with Crippen LogP contribution in [-0.4, -0.2) is 61.1 Å². The van der Waals surface area contributed by atoms with Gasteiger partial charge in [0, 0.05) is 32.2 Å². The highest BCUT2D eigenvalue weighted by Crippen LogP contribution is 2.17. The predicted molar refractivity (Wildman–Crippen MR) is 139 cm³/mol. The Kier molecular flexibility index (Phi) is 12.1. The van der Waals surface area contributed by atoms with Gasteiger partial charge in [-0.3, -0.25) is 4.90 Å².